The largest absolute Gasteiger partial charge is 0.481 e. The summed E-state index contributed by atoms with van der Waals surface area (Å²) in [7, 11) is -3.76. The number of ether oxygens (including phenoxy) is 2. The van der Waals surface area contributed by atoms with Gasteiger partial charge in [-0.2, -0.15) is 0 Å². The van der Waals surface area contributed by atoms with Crippen molar-refractivity contribution in [2.75, 3.05) is 0 Å². The summed E-state index contributed by atoms with van der Waals surface area (Å²) in [5.74, 6) is 0.161. The fraction of sp³-hybridized carbons (Fsp3) is 0.462. The van der Waals surface area contributed by atoms with E-state index in [0.29, 0.717) is 12.2 Å². The van der Waals surface area contributed by atoms with Crippen molar-refractivity contribution in [3.8, 4) is 11.5 Å². The topological polar surface area (TPSA) is 86.7 Å². The number of rotatable bonds is 15. The van der Waals surface area contributed by atoms with Crippen LogP contribution in [-0.2, 0) is 19.4 Å². The van der Waals surface area contributed by atoms with Gasteiger partial charge in [-0.15, -0.1) is 0 Å². The number of hydrogen-bond donors (Lipinski definition) is 0. The molecule has 0 saturated heterocycles. The third kappa shape index (κ3) is 9.11. The highest BCUT2D eigenvalue weighted by atomic mass is 35.5. The van der Waals surface area contributed by atoms with Gasteiger partial charge >= 0.3 is 5.97 Å². The van der Waals surface area contributed by atoms with Crippen LogP contribution in [0.1, 0.15) is 71.6 Å². The minimum Gasteiger partial charge on any atom is -0.481 e. The second-order valence-electron chi connectivity index (χ2n) is 8.21. The molecule has 2 rings (SSSR count). The number of carbonyl (C=O) groups excluding carboxylic acids is 2. The van der Waals surface area contributed by atoms with E-state index in [9.17, 15) is 18.0 Å². The molecular weight excluding hydrogens is 476 g/mol. The molecule has 0 aromatic heterocycles. The van der Waals surface area contributed by atoms with Gasteiger partial charge in [0.1, 0.15) is 11.5 Å². The van der Waals surface area contributed by atoms with Crippen molar-refractivity contribution in [2.24, 2.45) is 0 Å². The van der Waals surface area contributed by atoms with Crippen molar-refractivity contribution in [1.29, 1.82) is 0 Å². The fourth-order valence-corrected chi connectivity index (χ4v) is 4.95. The molecule has 0 bridgehead atoms. The smallest absolute Gasteiger partial charge is 0.308 e. The van der Waals surface area contributed by atoms with Gasteiger partial charge in [-0.25, -0.2) is 8.42 Å². The molecule has 0 aliphatic rings. The molecule has 2 aromatic rings. The lowest BCUT2D eigenvalue weighted by Gasteiger charge is -2.16. The number of sulfone groups is 1. The second-order valence-corrected chi connectivity index (χ2v) is 10.5. The van der Waals surface area contributed by atoms with Crippen LogP contribution in [0.3, 0.4) is 0 Å². The molecule has 2 aromatic carbocycles. The highest BCUT2D eigenvalue weighted by molar-refractivity contribution is 7.91. The van der Waals surface area contributed by atoms with E-state index in [1.54, 1.807) is 0 Å². The van der Waals surface area contributed by atoms with Crippen LogP contribution in [0.2, 0.25) is 0 Å². The maximum Gasteiger partial charge on any atom is 0.308 e. The Morgan fingerprint density at radius 2 is 1.26 bits per heavy atom. The van der Waals surface area contributed by atoms with Gasteiger partial charge in [-0.1, -0.05) is 51.9 Å². The predicted octanol–water partition coefficient (Wildman–Crippen LogP) is 6.49. The first-order valence-electron chi connectivity index (χ1n) is 11.7. The Labute approximate surface area is 207 Å². The van der Waals surface area contributed by atoms with E-state index < -0.39 is 27.2 Å². The fourth-order valence-electron chi connectivity index (χ4n) is 3.53. The van der Waals surface area contributed by atoms with E-state index >= 15 is 0 Å². The Morgan fingerprint density at radius 1 is 0.794 bits per heavy atom. The summed E-state index contributed by atoms with van der Waals surface area (Å²) in [6, 6.07) is 11.5. The highest BCUT2D eigenvalue weighted by Crippen LogP contribution is 2.26. The molecule has 0 heterocycles. The molecular formula is C26H33ClO6S. The van der Waals surface area contributed by atoms with E-state index in [4.69, 9.17) is 21.1 Å². The Hall–Kier alpha value is -2.38. The predicted molar refractivity (Wildman–Crippen MR) is 132 cm³/mol. The molecule has 34 heavy (non-hydrogen) atoms. The van der Waals surface area contributed by atoms with Gasteiger partial charge in [0.15, 0.2) is 6.10 Å². The first-order valence-corrected chi connectivity index (χ1v) is 13.6. The third-order valence-corrected chi connectivity index (χ3v) is 7.41. The first-order chi connectivity index (χ1) is 16.2. The summed E-state index contributed by atoms with van der Waals surface area (Å²) >= 11 is 5.73. The quantitative estimate of drug-likeness (QED) is 0.118. The zero-order chi connectivity index (χ0) is 25.0. The summed E-state index contributed by atoms with van der Waals surface area (Å²) in [6.45, 7) is 3.47. The van der Waals surface area contributed by atoms with E-state index in [2.05, 4.69) is 6.92 Å². The maximum absolute atomic E-state index is 12.9. The number of benzene rings is 2. The number of carbonyl (C=O) groups is 2. The summed E-state index contributed by atoms with van der Waals surface area (Å²) in [4.78, 5) is 23.0. The lowest BCUT2D eigenvalue weighted by molar-refractivity contribution is -0.131. The van der Waals surface area contributed by atoms with Gasteiger partial charge < -0.3 is 9.47 Å². The lowest BCUT2D eigenvalue weighted by atomic mass is 10.1. The summed E-state index contributed by atoms with van der Waals surface area (Å²) < 4.78 is 36.4. The molecule has 6 nitrogen and oxygen atoms in total. The van der Waals surface area contributed by atoms with Gasteiger partial charge in [0.2, 0.25) is 9.84 Å². The summed E-state index contributed by atoms with van der Waals surface area (Å²) in [6.07, 6.45) is 8.96. The van der Waals surface area contributed by atoms with Gasteiger partial charge in [0, 0.05) is 6.92 Å². The number of esters is 1. The Balaban J connectivity index is 1.92. The molecule has 1 unspecified atom stereocenters. The molecule has 1 atom stereocenters. The average Bonchev–Trinajstić information content (AvgIpc) is 2.80. The van der Waals surface area contributed by atoms with Crippen LogP contribution < -0.4 is 9.47 Å². The number of halogens is 1. The average molecular weight is 509 g/mol. The molecule has 8 heteroatoms. The Bertz CT molecular complexity index is 1020. The van der Waals surface area contributed by atoms with Crippen LogP contribution in [0.15, 0.2) is 58.3 Å². The van der Waals surface area contributed by atoms with Crippen LogP contribution in [0.25, 0.3) is 0 Å². The second kappa shape index (κ2) is 14.1. The van der Waals surface area contributed by atoms with Crippen molar-refractivity contribution in [3.05, 3.63) is 48.5 Å². The van der Waals surface area contributed by atoms with Gasteiger partial charge in [-0.05, 0) is 73.0 Å². The lowest BCUT2D eigenvalue weighted by Crippen LogP contribution is -2.23. The normalized spacial score (nSPS) is 12.2. The molecule has 186 valence electrons. The van der Waals surface area contributed by atoms with Gasteiger partial charge in [0.25, 0.3) is 5.24 Å². The van der Waals surface area contributed by atoms with E-state index in [0.717, 1.165) is 19.3 Å². The van der Waals surface area contributed by atoms with Crippen molar-refractivity contribution in [1.82, 2.24) is 0 Å². The van der Waals surface area contributed by atoms with Crippen molar-refractivity contribution in [3.63, 3.8) is 0 Å². The molecule has 0 saturated carbocycles. The minimum absolute atomic E-state index is 0.0700. The number of hydrogen-bond acceptors (Lipinski definition) is 6. The molecule has 0 radical (unpaired) electrons. The summed E-state index contributed by atoms with van der Waals surface area (Å²) in [5, 5.41) is -0.562. The van der Waals surface area contributed by atoms with E-state index in [-0.39, 0.29) is 15.5 Å². The minimum atomic E-state index is -3.76. The van der Waals surface area contributed by atoms with Gasteiger partial charge in [0.05, 0.1) is 9.79 Å². The van der Waals surface area contributed by atoms with Crippen LogP contribution in [0.4, 0.5) is 0 Å². The van der Waals surface area contributed by atoms with E-state index in [1.165, 1.54) is 87.6 Å². The highest BCUT2D eigenvalue weighted by Gasteiger charge is 2.20. The van der Waals surface area contributed by atoms with Gasteiger partial charge in [-0.3, -0.25) is 9.59 Å². The molecule has 0 N–H and O–H groups in total. The zero-order valence-electron chi connectivity index (χ0n) is 19.8. The van der Waals surface area contributed by atoms with E-state index in [1.807, 2.05) is 0 Å². The summed E-state index contributed by atoms with van der Waals surface area (Å²) in [5.41, 5.74) is 0. The Morgan fingerprint density at radius 3 is 1.74 bits per heavy atom. The maximum atomic E-state index is 12.9. The van der Waals surface area contributed by atoms with Crippen LogP contribution >= 0.6 is 11.6 Å². The molecule has 0 aliphatic heterocycles. The standard InChI is InChI=1S/C26H33ClO6S/c1-3-4-5-6-7-8-9-10-11-25(26(27)29)33-22-14-18-24(19-15-22)34(30,31)23-16-12-21(13-17-23)32-20(2)28/h12-19,25H,3-11H2,1-2H3. The molecule has 0 aliphatic carbocycles. The molecule has 0 fully saturated rings. The SMILES string of the molecule is CCCCCCCCCCC(Oc1ccc(S(=O)(=O)c2ccc(OC(C)=O)cc2)cc1)C(=O)Cl. The van der Waals surface area contributed by atoms with Crippen LogP contribution in [0, 0.1) is 0 Å². The zero-order valence-corrected chi connectivity index (χ0v) is 21.4. The monoisotopic (exact) mass is 508 g/mol. The molecule has 0 spiro atoms. The van der Waals surface area contributed by atoms with Crippen LogP contribution in [0.5, 0.6) is 11.5 Å². The first kappa shape index (κ1) is 27.9. The van der Waals surface area contributed by atoms with Crippen LogP contribution in [-0.4, -0.2) is 25.7 Å². The number of unbranched alkanes of at least 4 members (excludes halogenated alkanes) is 7. The van der Waals surface area contributed by atoms with Crippen molar-refractivity contribution in [2.45, 2.75) is 87.5 Å². The Kier molecular flexibility index (Phi) is 11.6. The van der Waals surface area contributed by atoms with Crippen molar-refractivity contribution < 1.29 is 27.5 Å². The molecule has 0 amide bonds. The third-order valence-electron chi connectivity index (χ3n) is 5.38. The van der Waals surface area contributed by atoms with Crippen molar-refractivity contribution >= 4 is 32.6 Å².